The Balaban J connectivity index is 1.26. The molecule has 0 aromatic carbocycles. The molecule has 0 bridgehead atoms. The molecule has 14 heteroatoms. The van der Waals surface area contributed by atoms with Crippen LogP contribution in [0.25, 0.3) is 0 Å². The Morgan fingerprint density at radius 2 is 2.00 bits per heavy atom. The molecule has 0 spiro atoms. The zero-order chi connectivity index (χ0) is 26.6. The number of anilines is 3. The van der Waals surface area contributed by atoms with Gasteiger partial charge in [0.2, 0.25) is 11.9 Å². The monoisotopic (exact) mass is 548 g/mol. The number of fused-ring (bicyclic) bond motifs is 1. The first-order chi connectivity index (χ1) is 18.3. The normalized spacial score (nSPS) is 22.6. The zero-order valence-electron chi connectivity index (χ0n) is 20.6. The van der Waals surface area contributed by atoms with Gasteiger partial charge in [-0.1, -0.05) is 0 Å². The van der Waals surface area contributed by atoms with Gasteiger partial charge in [0.05, 0.1) is 5.56 Å². The van der Waals surface area contributed by atoms with Gasteiger partial charge in [0.15, 0.2) is 0 Å². The molecule has 0 unspecified atom stereocenters. The molecule has 1 atom stereocenters. The maximum atomic E-state index is 13.4. The van der Waals surface area contributed by atoms with Crippen LogP contribution >= 0.6 is 11.3 Å². The summed E-state index contributed by atoms with van der Waals surface area (Å²) in [5.41, 5.74) is 0.955. The van der Waals surface area contributed by atoms with Crippen molar-refractivity contribution < 1.29 is 22.8 Å². The minimum absolute atomic E-state index is 0.0139. The number of carbonyl (C=O) groups is 2. The fraction of sp³-hybridized carbons (Fsp3) is 0.542. The molecule has 10 nitrogen and oxygen atoms in total. The molecular weight excluding hydrogens is 521 g/mol. The summed E-state index contributed by atoms with van der Waals surface area (Å²) in [6.45, 7) is 0. The van der Waals surface area contributed by atoms with Crippen LogP contribution in [0, 0.1) is 5.92 Å². The van der Waals surface area contributed by atoms with Crippen LogP contribution in [0.1, 0.15) is 71.1 Å². The summed E-state index contributed by atoms with van der Waals surface area (Å²) in [5, 5.41) is 21.5. The maximum absolute atomic E-state index is 13.4. The van der Waals surface area contributed by atoms with E-state index in [-0.39, 0.29) is 35.5 Å². The second-order valence-corrected chi connectivity index (χ2v) is 11.3. The molecule has 0 aliphatic heterocycles. The molecule has 3 aromatic heterocycles. The van der Waals surface area contributed by atoms with Gasteiger partial charge in [-0.3, -0.25) is 18.8 Å². The Bertz CT molecular complexity index is 1370. The fourth-order valence-corrected chi connectivity index (χ4v) is 6.29. The predicted octanol–water partition coefficient (Wildman–Crippen LogP) is 4.06. The first kappa shape index (κ1) is 24.9. The van der Waals surface area contributed by atoms with E-state index < -0.39 is 12.6 Å². The quantitative estimate of drug-likeness (QED) is 0.391. The van der Waals surface area contributed by atoms with E-state index in [1.54, 1.807) is 13.4 Å². The number of hydrogen-bond acceptors (Lipinski definition) is 7. The Morgan fingerprint density at radius 1 is 1.21 bits per heavy atom. The van der Waals surface area contributed by atoms with Gasteiger partial charge in [0.1, 0.15) is 29.0 Å². The SMILES string of the molecule is Cn1nc(C(F)F)cc1Nc1nncn1[C@H]1CCc2sc(NC(=O)C3CC3)c(C(=O)N[C@H]3C[C@@H](F)C3)c2C1. The number of aromatic nitrogens is 5. The van der Waals surface area contributed by atoms with Crippen molar-refractivity contribution in [2.45, 2.75) is 69.6 Å². The van der Waals surface area contributed by atoms with Crippen molar-refractivity contribution in [3.8, 4) is 0 Å². The smallest absolute Gasteiger partial charge is 0.282 e. The average Bonchev–Trinajstić information content (AvgIpc) is 3.35. The largest absolute Gasteiger partial charge is 0.349 e. The number of nitrogens with zero attached hydrogens (tertiary/aromatic N) is 5. The zero-order valence-corrected chi connectivity index (χ0v) is 21.4. The van der Waals surface area contributed by atoms with E-state index in [9.17, 15) is 22.8 Å². The number of halogens is 3. The molecule has 6 rings (SSSR count). The summed E-state index contributed by atoms with van der Waals surface area (Å²) in [6, 6.07) is 0.932. The molecule has 2 fully saturated rings. The third-order valence-electron chi connectivity index (χ3n) is 7.39. The van der Waals surface area contributed by atoms with Crippen molar-refractivity contribution in [2.75, 3.05) is 10.6 Å². The number of nitrogens with one attached hydrogen (secondary N) is 3. The first-order valence-corrected chi connectivity index (χ1v) is 13.5. The lowest BCUT2D eigenvalue weighted by Crippen LogP contribution is -2.45. The van der Waals surface area contributed by atoms with Gasteiger partial charge < -0.3 is 16.0 Å². The lowest BCUT2D eigenvalue weighted by Gasteiger charge is -2.31. The molecule has 202 valence electrons. The van der Waals surface area contributed by atoms with Crippen LogP contribution in [-0.2, 0) is 24.7 Å². The highest BCUT2D eigenvalue weighted by Crippen LogP contribution is 2.43. The number of alkyl halides is 3. The molecule has 2 saturated carbocycles. The lowest BCUT2D eigenvalue weighted by atomic mass is 9.89. The van der Waals surface area contributed by atoms with E-state index in [0.29, 0.717) is 48.0 Å². The van der Waals surface area contributed by atoms with E-state index in [2.05, 4.69) is 31.2 Å². The number of carbonyl (C=O) groups excluding carboxylic acids is 2. The average molecular weight is 549 g/mol. The van der Waals surface area contributed by atoms with Gasteiger partial charge in [-0.2, -0.15) is 5.10 Å². The highest BCUT2D eigenvalue weighted by molar-refractivity contribution is 7.17. The third kappa shape index (κ3) is 4.76. The minimum atomic E-state index is -2.69. The van der Waals surface area contributed by atoms with E-state index >= 15 is 0 Å². The molecule has 0 radical (unpaired) electrons. The lowest BCUT2D eigenvalue weighted by molar-refractivity contribution is -0.117. The second-order valence-electron chi connectivity index (χ2n) is 10.2. The van der Waals surface area contributed by atoms with Crippen LogP contribution < -0.4 is 16.0 Å². The van der Waals surface area contributed by atoms with Gasteiger partial charge in [-0.15, -0.1) is 21.5 Å². The molecule has 0 saturated heterocycles. The van der Waals surface area contributed by atoms with Gasteiger partial charge in [0.25, 0.3) is 12.3 Å². The number of rotatable bonds is 8. The Morgan fingerprint density at radius 3 is 2.68 bits per heavy atom. The molecule has 3 aromatic rings. The van der Waals surface area contributed by atoms with Crippen molar-refractivity contribution in [3.63, 3.8) is 0 Å². The summed E-state index contributed by atoms with van der Waals surface area (Å²) in [5.74, 6) is 0.321. The van der Waals surface area contributed by atoms with Crippen LogP contribution in [0.2, 0.25) is 0 Å². The van der Waals surface area contributed by atoms with Gasteiger partial charge in [0, 0.05) is 36.0 Å². The van der Waals surface area contributed by atoms with Crippen molar-refractivity contribution in [1.29, 1.82) is 0 Å². The molecule has 38 heavy (non-hydrogen) atoms. The first-order valence-electron chi connectivity index (χ1n) is 12.7. The summed E-state index contributed by atoms with van der Waals surface area (Å²) >= 11 is 1.42. The molecule has 3 aliphatic rings. The molecule has 3 heterocycles. The van der Waals surface area contributed by atoms with Crippen LogP contribution in [0.3, 0.4) is 0 Å². The molecule has 2 amide bonds. The highest BCUT2D eigenvalue weighted by atomic mass is 32.1. The Hall–Kier alpha value is -3.42. The Labute approximate surface area is 220 Å². The second kappa shape index (κ2) is 9.71. The summed E-state index contributed by atoms with van der Waals surface area (Å²) < 4.78 is 42.7. The van der Waals surface area contributed by atoms with Crippen molar-refractivity contribution in [1.82, 2.24) is 29.9 Å². The van der Waals surface area contributed by atoms with E-state index in [1.807, 2.05) is 4.57 Å². The summed E-state index contributed by atoms with van der Waals surface area (Å²) in [4.78, 5) is 27.0. The van der Waals surface area contributed by atoms with Gasteiger partial charge in [-0.25, -0.2) is 13.2 Å². The summed E-state index contributed by atoms with van der Waals surface area (Å²) in [7, 11) is 1.56. The van der Waals surface area contributed by atoms with E-state index in [4.69, 9.17) is 0 Å². The number of aryl methyl sites for hydroxylation is 2. The van der Waals surface area contributed by atoms with E-state index in [1.165, 1.54) is 22.1 Å². The van der Waals surface area contributed by atoms with E-state index in [0.717, 1.165) is 29.7 Å². The van der Waals surface area contributed by atoms with Crippen LogP contribution in [0.15, 0.2) is 12.4 Å². The number of hydrogen-bond donors (Lipinski definition) is 3. The topological polar surface area (TPSA) is 119 Å². The van der Waals surface area contributed by atoms with Crippen molar-refractivity contribution >= 4 is 39.9 Å². The molecule has 3 aliphatic carbocycles. The number of thiophene rings is 1. The van der Waals surface area contributed by atoms with Crippen molar-refractivity contribution in [3.05, 3.63) is 34.1 Å². The number of amides is 2. The highest BCUT2D eigenvalue weighted by Gasteiger charge is 2.36. The fourth-order valence-electron chi connectivity index (χ4n) is 5.04. The maximum Gasteiger partial charge on any atom is 0.282 e. The minimum Gasteiger partial charge on any atom is -0.349 e. The van der Waals surface area contributed by atoms with Crippen LogP contribution in [0.4, 0.5) is 29.9 Å². The van der Waals surface area contributed by atoms with Gasteiger partial charge in [-0.05, 0) is 50.5 Å². The standard InChI is InChI=1S/C24H27F3N8O2S/c1-34-18(9-16(33-34)20(26)27)30-24-32-28-10-35(24)14-4-5-17-15(8-14)19(22(37)29-13-6-12(25)7-13)23(38-17)31-21(36)11-2-3-11/h9-14,20H,2-8H2,1H3,(H,29,37)(H,30,32)(H,31,36)/t12-,13+,14-/m0/s1. The Kier molecular flexibility index (Phi) is 6.36. The van der Waals surface area contributed by atoms with Crippen molar-refractivity contribution in [2.24, 2.45) is 13.0 Å². The van der Waals surface area contributed by atoms with Gasteiger partial charge >= 0.3 is 0 Å². The third-order valence-corrected chi connectivity index (χ3v) is 8.60. The van der Waals surface area contributed by atoms with Crippen LogP contribution in [0.5, 0.6) is 0 Å². The molecular formula is C24H27F3N8O2S. The van der Waals surface area contributed by atoms with Crippen LogP contribution in [-0.4, -0.2) is 48.6 Å². The molecule has 3 N–H and O–H groups in total. The summed E-state index contributed by atoms with van der Waals surface area (Å²) in [6.07, 6.45) is 2.16. The predicted molar refractivity (Wildman–Crippen MR) is 134 cm³/mol.